The van der Waals surface area contributed by atoms with Gasteiger partial charge in [-0.15, -0.1) is 0 Å². The molecule has 3 heterocycles. The van der Waals surface area contributed by atoms with Crippen LogP contribution in [0.4, 0.5) is 5.95 Å². The number of esters is 1. The molecule has 0 saturated carbocycles. The van der Waals surface area contributed by atoms with Crippen LogP contribution >= 0.6 is 0 Å². The summed E-state index contributed by atoms with van der Waals surface area (Å²) in [6, 6.07) is 10.9. The molecule has 0 N–H and O–H groups in total. The fraction of sp³-hybridized carbons (Fsp3) is 0.160. The van der Waals surface area contributed by atoms with Crippen molar-refractivity contribution < 1.29 is 18.7 Å². The standard InChI is InChI=1S/C25H19N3O5/c1-13-11-17-18(12-14(13)2)33-22-19(21(17)29)20(15-5-7-16(8-6-15)24(31)32-3)28(23(22)30)25-26-9-4-10-27-25/h4-12,20H,1-3H3. The highest BCUT2D eigenvalue weighted by atomic mass is 16.5. The van der Waals surface area contributed by atoms with Crippen molar-refractivity contribution in [2.75, 3.05) is 12.0 Å². The van der Waals surface area contributed by atoms with Crippen molar-refractivity contribution in [2.45, 2.75) is 19.9 Å². The first-order valence-corrected chi connectivity index (χ1v) is 10.3. The first kappa shape index (κ1) is 20.6. The first-order chi connectivity index (χ1) is 15.9. The maximum atomic E-state index is 13.7. The molecule has 0 saturated heterocycles. The number of carbonyl (C=O) groups is 2. The minimum atomic E-state index is -0.816. The van der Waals surface area contributed by atoms with Gasteiger partial charge < -0.3 is 9.15 Å². The number of ether oxygens (including phenoxy) is 1. The molecule has 0 aliphatic carbocycles. The zero-order chi connectivity index (χ0) is 23.3. The molecular formula is C25H19N3O5. The van der Waals surface area contributed by atoms with Crippen molar-refractivity contribution in [3.63, 3.8) is 0 Å². The van der Waals surface area contributed by atoms with E-state index >= 15 is 0 Å². The molecular weight excluding hydrogens is 422 g/mol. The highest BCUT2D eigenvalue weighted by Gasteiger charge is 2.45. The van der Waals surface area contributed by atoms with Gasteiger partial charge >= 0.3 is 5.97 Å². The third-order valence-corrected chi connectivity index (χ3v) is 5.90. The summed E-state index contributed by atoms with van der Waals surface area (Å²) in [6.07, 6.45) is 3.04. The highest BCUT2D eigenvalue weighted by molar-refractivity contribution is 6.09. The third-order valence-electron chi connectivity index (χ3n) is 5.90. The van der Waals surface area contributed by atoms with Crippen LogP contribution in [-0.2, 0) is 4.74 Å². The zero-order valence-corrected chi connectivity index (χ0v) is 18.2. The minimum absolute atomic E-state index is 0.0368. The fourth-order valence-electron chi connectivity index (χ4n) is 4.08. The van der Waals surface area contributed by atoms with E-state index in [1.165, 1.54) is 24.4 Å². The van der Waals surface area contributed by atoms with Gasteiger partial charge in [-0.25, -0.2) is 14.8 Å². The van der Waals surface area contributed by atoms with E-state index in [1.54, 1.807) is 42.5 Å². The van der Waals surface area contributed by atoms with E-state index in [9.17, 15) is 14.4 Å². The molecule has 2 aromatic carbocycles. The van der Waals surface area contributed by atoms with Gasteiger partial charge in [-0.05, 0) is 60.9 Å². The number of anilines is 1. The van der Waals surface area contributed by atoms with Gasteiger partial charge in [0.2, 0.25) is 11.7 Å². The van der Waals surface area contributed by atoms with Gasteiger partial charge in [-0.1, -0.05) is 12.1 Å². The Morgan fingerprint density at radius 3 is 2.36 bits per heavy atom. The summed E-state index contributed by atoms with van der Waals surface area (Å²) >= 11 is 0. The highest BCUT2D eigenvalue weighted by Crippen LogP contribution is 2.40. The van der Waals surface area contributed by atoms with Crippen LogP contribution in [-0.4, -0.2) is 29.0 Å². The van der Waals surface area contributed by atoms with E-state index in [-0.39, 0.29) is 22.7 Å². The van der Waals surface area contributed by atoms with Crippen LogP contribution in [0.25, 0.3) is 11.0 Å². The zero-order valence-electron chi connectivity index (χ0n) is 18.2. The monoisotopic (exact) mass is 441 g/mol. The number of carbonyl (C=O) groups excluding carboxylic acids is 2. The maximum absolute atomic E-state index is 13.7. The summed E-state index contributed by atoms with van der Waals surface area (Å²) in [6.45, 7) is 3.83. The number of methoxy groups -OCH3 is 1. The number of aryl methyl sites for hydroxylation is 2. The van der Waals surface area contributed by atoms with Gasteiger partial charge in [-0.2, -0.15) is 0 Å². The Morgan fingerprint density at radius 1 is 1.03 bits per heavy atom. The van der Waals surface area contributed by atoms with E-state index in [4.69, 9.17) is 9.15 Å². The number of hydrogen-bond donors (Lipinski definition) is 0. The number of benzene rings is 2. The SMILES string of the molecule is COC(=O)c1ccc(C2c3c(oc4cc(C)c(C)cc4c3=O)C(=O)N2c2ncccn2)cc1. The average Bonchev–Trinajstić information content (AvgIpc) is 3.13. The Kier molecular flexibility index (Phi) is 4.78. The van der Waals surface area contributed by atoms with Gasteiger partial charge in [0.25, 0.3) is 5.91 Å². The molecule has 1 unspecified atom stereocenters. The van der Waals surface area contributed by atoms with E-state index in [1.807, 2.05) is 13.8 Å². The quantitative estimate of drug-likeness (QED) is 0.446. The van der Waals surface area contributed by atoms with E-state index < -0.39 is 17.9 Å². The predicted molar refractivity (Wildman–Crippen MR) is 120 cm³/mol. The topological polar surface area (TPSA) is 103 Å². The lowest BCUT2D eigenvalue weighted by Crippen LogP contribution is -2.31. The van der Waals surface area contributed by atoms with Gasteiger partial charge in [-0.3, -0.25) is 14.5 Å². The Hall–Kier alpha value is -4.33. The second-order valence-electron chi connectivity index (χ2n) is 7.85. The molecule has 1 aliphatic rings. The van der Waals surface area contributed by atoms with Crippen molar-refractivity contribution in [3.8, 4) is 0 Å². The normalized spacial score (nSPS) is 15.1. The maximum Gasteiger partial charge on any atom is 0.337 e. The van der Waals surface area contributed by atoms with Crippen molar-refractivity contribution in [1.82, 2.24) is 9.97 Å². The number of hydrogen-bond acceptors (Lipinski definition) is 7. The summed E-state index contributed by atoms with van der Waals surface area (Å²) in [4.78, 5) is 48.8. The molecule has 1 aliphatic heterocycles. The van der Waals surface area contributed by atoms with Gasteiger partial charge in [0.05, 0.1) is 29.7 Å². The van der Waals surface area contributed by atoms with Crippen LogP contribution in [0.1, 0.15) is 49.2 Å². The van der Waals surface area contributed by atoms with Crippen LogP contribution < -0.4 is 10.3 Å². The molecule has 0 bridgehead atoms. The average molecular weight is 441 g/mol. The molecule has 5 rings (SSSR count). The van der Waals surface area contributed by atoms with E-state index in [2.05, 4.69) is 9.97 Å². The van der Waals surface area contributed by atoms with Gasteiger partial charge in [0.1, 0.15) is 5.58 Å². The molecule has 0 radical (unpaired) electrons. The Bertz CT molecular complexity index is 1480. The van der Waals surface area contributed by atoms with Gasteiger partial charge in [0, 0.05) is 12.4 Å². The lowest BCUT2D eigenvalue weighted by molar-refractivity contribution is 0.0600. The molecule has 0 fully saturated rings. The van der Waals surface area contributed by atoms with Crippen LogP contribution in [0.2, 0.25) is 0 Å². The summed E-state index contributed by atoms with van der Waals surface area (Å²) in [5, 5.41) is 0.400. The Morgan fingerprint density at radius 2 is 1.70 bits per heavy atom. The third kappa shape index (κ3) is 3.18. The number of rotatable bonds is 3. The second-order valence-corrected chi connectivity index (χ2v) is 7.85. The van der Waals surface area contributed by atoms with E-state index in [0.717, 1.165) is 11.1 Å². The molecule has 1 atom stereocenters. The smallest absolute Gasteiger partial charge is 0.337 e. The van der Waals surface area contributed by atoms with E-state index in [0.29, 0.717) is 22.1 Å². The number of fused-ring (bicyclic) bond motifs is 2. The first-order valence-electron chi connectivity index (χ1n) is 10.3. The fourth-order valence-corrected chi connectivity index (χ4v) is 4.08. The van der Waals surface area contributed by atoms with Gasteiger partial charge in [0.15, 0.2) is 5.43 Å². The molecule has 2 aromatic heterocycles. The number of amides is 1. The summed E-state index contributed by atoms with van der Waals surface area (Å²) in [7, 11) is 1.30. The van der Waals surface area contributed by atoms with Crippen molar-refractivity contribution in [3.05, 3.63) is 98.7 Å². The Labute approximate surface area is 188 Å². The molecule has 1 amide bonds. The van der Waals surface area contributed by atoms with Crippen molar-refractivity contribution >= 4 is 28.8 Å². The Balaban J connectivity index is 1.77. The van der Waals surface area contributed by atoms with Crippen LogP contribution in [0.3, 0.4) is 0 Å². The van der Waals surface area contributed by atoms with Crippen molar-refractivity contribution in [1.29, 1.82) is 0 Å². The molecule has 0 spiro atoms. The molecule has 33 heavy (non-hydrogen) atoms. The predicted octanol–water partition coefficient (Wildman–Crippen LogP) is 3.74. The lowest BCUT2D eigenvalue weighted by atomic mass is 9.97. The second kappa shape index (κ2) is 7.67. The van der Waals surface area contributed by atoms with Crippen LogP contribution in [0, 0.1) is 13.8 Å². The summed E-state index contributed by atoms with van der Waals surface area (Å²) in [5.41, 5.74) is 3.14. The molecule has 164 valence electrons. The minimum Gasteiger partial charge on any atom is -0.465 e. The molecule has 8 nitrogen and oxygen atoms in total. The summed E-state index contributed by atoms with van der Waals surface area (Å²) < 4.78 is 10.8. The van der Waals surface area contributed by atoms with Crippen LogP contribution in [0.15, 0.2) is 64.1 Å². The largest absolute Gasteiger partial charge is 0.465 e. The molecule has 8 heteroatoms. The molecule has 4 aromatic rings. The lowest BCUT2D eigenvalue weighted by Gasteiger charge is -2.23. The number of aromatic nitrogens is 2. The summed E-state index contributed by atoms with van der Waals surface area (Å²) in [5.74, 6) is -0.878. The van der Waals surface area contributed by atoms with Crippen LogP contribution in [0.5, 0.6) is 0 Å². The van der Waals surface area contributed by atoms with Crippen molar-refractivity contribution in [2.24, 2.45) is 0 Å². The number of nitrogens with zero attached hydrogens (tertiary/aromatic N) is 3.